The predicted molar refractivity (Wildman–Crippen MR) is 77.1 cm³/mol. The Balaban J connectivity index is 2.64. The number of nitrogens with zero attached hydrogens (tertiary/aromatic N) is 2. The molecule has 0 saturated heterocycles. The SMILES string of the molecule is O=[N+]([O-])C(c1ccccc1)C(Cl)(c1ccccc1)[N+](=O)[O-]. The minimum absolute atomic E-state index is 0.0715. The second kappa shape index (κ2) is 5.88. The van der Waals surface area contributed by atoms with Crippen LogP contribution < -0.4 is 0 Å². The highest BCUT2D eigenvalue weighted by molar-refractivity contribution is 6.23. The maximum atomic E-state index is 11.5. The minimum Gasteiger partial charge on any atom is -0.264 e. The number of hydrogen-bond acceptors (Lipinski definition) is 4. The van der Waals surface area contributed by atoms with E-state index in [0.717, 1.165) is 0 Å². The van der Waals surface area contributed by atoms with E-state index in [0.29, 0.717) is 0 Å². The van der Waals surface area contributed by atoms with E-state index in [1.807, 2.05) is 0 Å². The summed E-state index contributed by atoms with van der Waals surface area (Å²) in [4.78, 5) is 19.0. The van der Waals surface area contributed by atoms with E-state index in [-0.39, 0.29) is 11.1 Å². The Hall–Kier alpha value is -2.47. The Morgan fingerprint density at radius 2 is 1.38 bits per heavy atom. The number of rotatable bonds is 5. The molecule has 7 heteroatoms. The van der Waals surface area contributed by atoms with Crippen LogP contribution in [0.4, 0.5) is 0 Å². The van der Waals surface area contributed by atoms with Crippen molar-refractivity contribution >= 4 is 11.6 Å². The van der Waals surface area contributed by atoms with Gasteiger partial charge < -0.3 is 0 Å². The van der Waals surface area contributed by atoms with Gasteiger partial charge in [0.05, 0.1) is 10.5 Å². The predicted octanol–water partition coefficient (Wildman–Crippen LogP) is 3.37. The molecule has 0 fully saturated rings. The molecular weight excluding hydrogens is 296 g/mol. The summed E-state index contributed by atoms with van der Waals surface area (Å²) >= 11 is 6.15. The molecular formula is C14H11ClN2O4. The van der Waals surface area contributed by atoms with E-state index in [9.17, 15) is 20.2 Å². The molecule has 0 bridgehead atoms. The van der Waals surface area contributed by atoms with Crippen molar-refractivity contribution < 1.29 is 9.85 Å². The lowest BCUT2D eigenvalue weighted by Crippen LogP contribution is -2.40. The first-order valence-corrected chi connectivity index (χ1v) is 6.43. The molecule has 2 aromatic carbocycles. The third-order valence-corrected chi connectivity index (χ3v) is 3.70. The first kappa shape index (κ1) is 14.9. The smallest absolute Gasteiger partial charge is 0.264 e. The Morgan fingerprint density at radius 3 is 1.81 bits per heavy atom. The molecule has 2 unspecified atom stereocenters. The van der Waals surface area contributed by atoms with Crippen molar-refractivity contribution in [3.05, 3.63) is 92.0 Å². The van der Waals surface area contributed by atoms with E-state index in [4.69, 9.17) is 11.6 Å². The number of halogens is 1. The van der Waals surface area contributed by atoms with Gasteiger partial charge in [-0.2, -0.15) is 0 Å². The van der Waals surface area contributed by atoms with Crippen LogP contribution in [0.3, 0.4) is 0 Å². The summed E-state index contributed by atoms with van der Waals surface area (Å²) in [6, 6.07) is 13.6. The van der Waals surface area contributed by atoms with Crippen LogP contribution in [0.1, 0.15) is 17.2 Å². The van der Waals surface area contributed by atoms with Gasteiger partial charge in [0.2, 0.25) is 0 Å². The standard InChI is InChI=1S/C14H11ClN2O4/c15-14(17(20)21,12-9-5-2-6-10-12)13(16(18)19)11-7-3-1-4-8-11/h1-10,13H. The third kappa shape index (κ3) is 2.71. The second-order valence-electron chi connectivity index (χ2n) is 4.40. The van der Waals surface area contributed by atoms with Crippen molar-refractivity contribution in [1.82, 2.24) is 0 Å². The lowest BCUT2D eigenvalue weighted by molar-refractivity contribution is -0.644. The van der Waals surface area contributed by atoms with Crippen molar-refractivity contribution in [1.29, 1.82) is 0 Å². The zero-order chi connectivity index (χ0) is 15.5. The zero-order valence-corrected chi connectivity index (χ0v) is 11.5. The van der Waals surface area contributed by atoms with Crippen molar-refractivity contribution in [3.63, 3.8) is 0 Å². The van der Waals surface area contributed by atoms with Crippen molar-refractivity contribution in [2.45, 2.75) is 11.0 Å². The molecule has 2 aromatic rings. The molecule has 2 atom stereocenters. The molecule has 0 aromatic heterocycles. The Morgan fingerprint density at radius 1 is 0.905 bits per heavy atom. The van der Waals surface area contributed by atoms with Crippen LogP contribution >= 0.6 is 11.6 Å². The summed E-state index contributed by atoms with van der Waals surface area (Å²) in [7, 11) is 0. The average Bonchev–Trinajstić information content (AvgIpc) is 2.48. The summed E-state index contributed by atoms with van der Waals surface area (Å²) < 4.78 is 0. The highest BCUT2D eigenvalue weighted by Gasteiger charge is 2.59. The van der Waals surface area contributed by atoms with Gasteiger partial charge >= 0.3 is 11.0 Å². The van der Waals surface area contributed by atoms with Crippen LogP contribution in [0.15, 0.2) is 60.7 Å². The van der Waals surface area contributed by atoms with Crippen LogP contribution in [-0.4, -0.2) is 9.85 Å². The first-order chi connectivity index (χ1) is 9.98. The molecule has 21 heavy (non-hydrogen) atoms. The third-order valence-electron chi connectivity index (χ3n) is 3.13. The largest absolute Gasteiger partial charge is 0.390 e. The molecule has 0 heterocycles. The number of alkyl halides is 1. The molecule has 0 aliphatic carbocycles. The molecule has 0 aliphatic rings. The second-order valence-corrected chi connectivity index (χ2v) is 4.97. The summed E-state index contributed by atoms with van der Waals surface area (Å²) in [6.07, 6.45) is 0. The van der Waals surface area contributed by atoms with E-state index >= 15 is 0 Å². The summed E-state index contributed by atoms with van der Waals surface area (Å²) in [5.41, 5.74) is 0.250. The lowest BCUT2D eigenvalue weighted by atomic mass is 9.93. The van der Waals surface area contributed by atoms with E-state index < -0.39 is 20.9 Å². The molecule has 0 radical (unpaired) electrons. The van der Waals surface area contributed by atoms with Crippen molar-refractivity contribution in [3.8, 4) is 0 Å². The number of nitro groups is 2. The average molecular weight is 307 g/mol. The monoisotopic (exact) mass is 306 g/mol. The molecule has 0 spiro atoms. The number of hydrogen-bond donors (Lipinski definition) is 0. The van der Waals surface area contributed by atoms with Crippen molar-refractivity contribution in [2.24, 2.45) is 0 Å². The topological polar surface area (TPSA) is 86.3 Å². The van der Waals surface area contributed by atoms with E-state index in [2.05, 4.69) is 0 Å². The molecule has 0 saturated carbocycles. The van der Waals surface area contributed by atoms with Crippen LogP contribution in [0, 0.1) is 20.2 Å². The van der Waals surface area contributed by atoms with Crippen LogP contribution in [-0.2, 0) is 5.00 Å². The van der Waals surface area contributed by atoms with Gasteiger partial charge in [-0.15, -0.1) is 0 Å². The minimum atomic E-state index is -2.37. The van der Waals surface area contributed by atoms with Crippen LogP contribution in [0.5, 0.6) is 0 Å². The highest BCUT2D eigenvalue weighted by Crippen LogP contribution is 2.43. The fourth-order valence-electron chi connectivity index (χ4n) is 2.15. The van der Waals surface area contributed by atoms with Gasteiger partial charge in [-0.1, -0.05) is 60.7 Å². The Labute approximate surface area is 125 Å². The van der Waals surface area contributed by atoms with Crippen LogP contribution in [0.25, 0.3) is 0 Å². The summed E-state index contributed by atoms with van der Waals surface area (Å²) in [5.74, 6) is 0. The fraction of sp³-hybridized carbons (Fsp3) is 0.143. The quantitative estimate of drug-likeness (QED) is 0.367. The fourth-order valence-corrected chi connectivity index (χ4v) is 2.48. The van der Waals surface area contributed by atoms with Gasteiger partial charge in [-0.25, -0.2) is 0 Å². The Bertz CT molecular complexity index is 651. The molecule has 2 rings (SSSR count). The van der Waals surface area contributed by atoms with Crippen molar-refractivity contribution in [2.75, 3.05) is 0 Å². The van der Waals surface area contributed by atoms with E-state index in [1.54, 1.807) is 36.4 Å². The molecule has 0 amide bonds. The van der Waals surface area contributed by atoms with Gasteiger partial charge in [0.15, 0.2) is 0 Å². The summed E-state index contributed by atoms with van der Waals surface area (Å²) in [5, 5.41) is 23.0. The Kier molecular flexibility index (Phi) is 4.18. The highest BCUT2D eigenvalue weighted by atomic mass is 35.5. The lowest BCUT2D eigenvalue weighted by Gasteiger charge is -2.22. The van der Waals surface area contributed by atoms with Gasteiger partial charge in [-0.3, -0.25) is 20.2 Å². The normalized spacial score (nSPS) is 14.9. The van der Waals surface area contributed by atoms with E-state index in [1.165, 1.54) is 24.3 Å². The molecule has 0 aliphatic heterocycles. The molecule has 0 N–H and O–H groups in total. The maximum absolute atomic E-state index is 11.5. The molecule has 108 valence electrons. The van der Waals surface area contributed by atoms with Crippen LogP contribution in [0.2, 0.25) is 0 Å². The van der Waals surface area contributed by atoms with Gasteiger partial charge in [0.1, 0.15) is 0 Å². The number of benzene rings is 2. The van der Waals surface area contributed by atoms with Gasteiger partial charge in [0, 0.05) is 10.5 Å². The zero-order valence-electron chi connectivity index (χ0n) is 10.8. The van der Waals surface area contributed by atoms with Gasteiger partial charge in [-0.05, 0) is 11.6 Å². The molecule has 6 nitrogen and oxygen atoms in total. The maximum Gasteiger partial charge on any atom is 0.390 e. The summed E-state index contributed by atoms with van der Waals surface area (Å²) in [6.45, 7) is 0. The van der Waals surface area contributed by atoms with Gasteiger partial charge in [0.25, 0.3) is 0 Å². The first-order valence-electron chi connectivity index (χ1n) is 6.05.